The van der Waals surface area contributed by atoms with Crippen LogP contribution in [0.4, 0.5) is 0 Å². The van der Waals surface area contributed by atoms with Crippen molar-refractivity contribution in [3.63, 3.8) is 0 Å². The molecule has 0 aromatic carbocycles. The van der Waals surface area contributed by atoms with E-state index in [9.17, 15) is 4.80 Å². The maximum Gasteiger partial charge on any atom is 0.188 e. The second-order valence-electron chi connectivity index (χ2n) is 6.65. The lowest BCUT2D eigenvalue weighted by molar-refractivity contribution is 0.374. The highest BCUT2D eigenvalue weighted by molar-refractivity contribution is 6.72. The number of allylic oxidation sites excluding steroid dienone is 3. The smallest absolute Gasteiger partial charge is 0.188 e. The maximum atomic E-state index is 10.4. The molecule has 18 heavy (non-hydrogen) atoms. The quantitative estimate of drug-likeness (QED) is 0.577. The Balaban J connectivity index is 2.79. The summed E-state index contributed by atoms with van der Waals surface area (Å²) in [5, 5.41) is 0.0318. The Labute approximate surface area is 118 Å². The van der Waals surface area contributed by atoms with Crippen molar-refractivity contribution in [1.82, 2.24) is 0 Å². The molecule has 1 N–H and O–H groups in total. The number of hydrogen-bond donors (Lipinski definition) is 1. The average Bonchev–Trinajstić information content (AvgIpc) is 2.22. The Morgan fingerprint density at radius 1 is 1.50 bits per heavy atom. The number of alkyl halides is 1. The van der Waals surface area contributed by atoms with E-state index in [1.165, 1.54) is 24.0 Å². The molecule has 1 atom stereocenters. The van der Waals surface area contributed by atoms with Crippen LogP contribution in [0, 0.1) is 5.92 Å². The summed E-state index contributed by atoms with van der Waals surface area (Å²) < 4.78 is 0. The zero-order valence-electron chi connectivity index (χ0n) is 12.2. The summed E-state index contributed by atoms with van der Waals surface area (Å²) in [6.45, 7) is 12.7. The molecule has 0 bridgehead atoms. The van der Waals surface area contributed by atoms with Gasteiger partial charge in [-0.3, -0.25) is 0 Å². The van der Waals surface area contributed by atoms with Crippen molar-refractivity contribution in [2.24, 2.45) is 5.92 Å². The fourth-order valence-electron chi connectivity index (χ4n) is 2.55. The fourth-order valence-corrected chi connectivity index (χ4v) is 3.49. The van der Waals surface area contributed by atoms with Gasteiger partial charge in [-0.2, -0.15) is 0 Å². The highest BCUT2D eigenvalue weighted by Crippen LogP contribution is 2.47. The summed E-state index contributed by atoms with van der Waals surface area (Å²) in [7, 11) is -2.13. The summed E-state index contributed by atoms with van der Waals surface area (Å²) >= 11 is 5.80. The van der Waals surface area contributed by atoms with E-state index in [2.05, 4.69) is 26.5 Å². The van der Waals surface area contributed by atoms with Gasteiger partial charge in [0.1, 0.15) is 0 Å². The lowest BCUT2D eigenvalue weighted by atomic mass is 9.77. The first kappa shape index (κ1) is 16.0. The summed E-state index contributed by atoms with van der Waals surface area (Å²) in [6, 6.07) is 0. The molecule has 1 fully saturated rings. The van der Waals surface area contributed by atoms with Crippen molar-refractivity contribution >= 4 is 19.9 Å². The molecule has 1 aliphatic carbocycles. The monoisotopic (exact) mass is 286 g/mol. The molecule has 3 heteroatoms. The van der Waals surface area contributed by atoms with Gasteiger partial charge in [-0.15, -0.1) is 11.6 Å². The van der Waals surface area contributed by atoms with Gasteiger partial charge in [0.05, 0.1) is 0 Å². The molecule has 1 nitrogen and oxygen atoms in total. The number of rotatable bonds is 4. The normalized spacial score (nSPS) is 24.7. The Morgan fingerprint density at radius 3 is 2.61 bits per heavy atom. The van der Waals surface area contributed by atoms with Gasteiger partial charge < -0.3 is 4.80 Å². The molecule has 0 heterocycles. The molecule has 0 aromatic rings. The van der Waals surface area contributed by atoms with Crippen LogP contribution < -0.4 is 0 Å². The number of hydrogen-bond acceptors (Lipinski definition) is 1. The van der Waals surface area contributed by atoms with E-state index in [0.717, 1.165) is 12.8 Å². The van der Waals surface area contributed by atoms with Crippen molar-refractivity contribution in [3.05, 3.63) is 23.8 Å². The third kappa shape index (κ3) is 3.72. The van der Waals surface area contributed by atoms with Gasteiger partial charge in [-0.1, -0.05) is 26.5 Å². The van der Waals surface area contributed by atoms with Gasteiger partial charge in [-0.25, -0.2) is 0 Å². The SMILES string of the molecule is C=C1/C(=C\CCl)CCC[C@@H]1CC(C)(C)[Si](C)(C)O. The Morgan fingerprint density at radius 2 is 2.11 bits per heavy atom. The van der Waals surface area contributed by atoms with Crippen molar-refractivity contribution in [3.8, 4) is 0 Å². The molecule has 0 radical (unpaired) electrons. The van der Waals surface area contributed by atoms with Crippen LogP contribution in [-0.4, -0.2) is 19.0 Å². The summed E-state index contributed by atoms with van der Waals surface area (Å²) in [4.78, 5) is 10.4. The van der Waals surface area contributed by atoms with Crippen molar-refractivity contribution in [2.45, 2.75) is 57.7 Å². The predicted octanol–water partition coefficient (Wildman–Crippen LogP) is 4.88. The van der Waals surface area contributed by atoms with Crippen LogP contribution in [0.1, 0.15) is 39.5 Å². The van der Waals surface area contributed by atoms with Gasteiger partial charge >= 0.3 is 0 Å². The first-order valence-electron chi connectivity index (χ1n) is 6.85. The van der Waals surface area contributed by atoms with E-state index in [4.69, 9.17) is 11.6 Å². The van der Waals surface area contributed by atoms with E-state index in [1.807, 2.05) is 13.1 Å². The van der Waals surface area contributed by atoms with Gasteiger partial charge in [-0.05, 0) is 60.9 Å². The van der Waals surface area contributed by atoms with Crippen molar-refractivity contribution in [1.29, 1.82) is 0 Å². The van der Waals surface area contributed by atoms with E-state index in [0.29, 0.717) is 11.8 Å². The Kier molecular flexibility index (Phi) is 5.28. The molecular weight excluding hydrogens is 260 g/mol. The number of halogens is 1. The summed E-state index contributed by atoms with van der Waals surface area (Å²) in [6.07, 6.45) is 6.68. The highest BCUT2D eigenvalue weighted by atomic mass is 35.5. The molecule has 104 valence electrons. The Bertz CT molecular complexity index is 339. The molecule has 0 saturated heterocycles. The minimum absolute atomic E-state index is 0.0318. The minimum atomic E-state index is -2.13. The van der Waals surface area contributed by atoms with Crippen LogP contribution in [0.2, 0.25) is 18.1 Å². The van der Waals surface area contributed by atoms with Crippen molar-refractivity contribution in [2.75, 3.05) is 5.88 Å². The van der Waals surface area contributed by atoms with Gasteiger partial charge in [0.25, 0.3) is 0 Å². The Hall–Kier alpha value is -0.0531. The molecule has 0 unspecified atom stereocenters. The van der Waals surface area contributed by atoms with Gasteiger partial charge in [0.2, 0.25) is 0 Å². The molecule has 0 aliphatic heterocycles. The summed E-state index contributed by atoms with van der Waals surface area (Å²) in [5.74, 6) is 1.09. The zero-order chi connectivity index (χ0) is 14.0. The zero-order valence-corrected chi connectivity index (χ0v) is 14.0. The molecule has 1 rings (SSSR count). The first-order chi connectivity index (χ1) is 8.19. The van der Waals surface area contributed by atoms with Crippen LogP contribution >= 0.6 is 11.6 Å². The summed E-state index contributed by atoms with van der Waals surface area (Å²) in [5.41, 5.74) is 2.60. The minimum Gasteiger partial charge on any atom is -0.432 e. The lowest BCUT2D eigenvalue weighted by Gasteiger charge is -2.40. The molecule has 1 aliphatic rings. The van der Waals surface area contributed by atoms with E-state index in [1.54, 1.807) is 0 Å². The molecule has 0 spiro atoms. The molecule has 1 saturated carbocycles. The maximum absolute atomic E-state index is 10.4. The second kappa shape index (κ2) is 5.94. The van der Waals surface area contributed by atoms with Gasteiger partial charge in [0, 0.05) is 5.88 Å². The van der Waals surface area contributed by atoms with Crippen LogP contribution in [0.5, 0.6) is 0 Å². The third-order valence-corrected chi connectivity index (χ3v) is 8.31. The fraction of sp³-hybridized carbons (Fsp3) is 0.733. The van der Waals surface area contributed by atoms with Crippen molar-refractivity contribution < 1.29 is 4.80 Å². The average molecular weight is 287 g/mol. The van der Waals surface area contributed by atoms with E-state index >= 15 is 0 Å². The first-order valence-corrected chi connectivity index (χ1v) is 10.3. The molecular formula is C15H27ClOSi. The predicted molar refractivity (Wildman–Crippen MR) is 83.6 cm³/mol. The third-order valence-electron chi connectivity index (χ3n) is 4.64. The topological polar surface area (TPSA) is 20.2 Å². The van der Waals surface area contributed by atoms with Gasteiger partial charge in [0.15, 0.2) is 8.32 Å². The molecule has 0 amide bonds. The van der Waals surface area contributed by atoms with Crippen LogP contribution in [-0.2, 0) is 0 Å². The molecule has 0 aromatic heterocycles. The highest BCUT2D eigenvalue weighted by Gasteiger charge is 2.40. The van der Waals surface area contributed by atoms with Crippen LogP contribution in [0.25, 0.3) is 0 Å². The lowest BCUT2D eigenvalue weighted by Crippen LogP contribution is -2.40. The second-order valence-corrected chi connectivity index (χ2v) is 11.4. The largest absolute Gasteiger partial charge is 0.432 e. The van der Waals surface area contributed by atoms with E-state index < -0.39 is 8.32 Å². The van der Waals surface area contributed by atoms with E-state index in [-0.39, 0.29) is 5.04 Å². The standard InChI is InChI=1S/C15H27ClOSi/c1-12-13(9-10-16)7-6-8-14(12)11-15(2,3)18(4,5)17/h9,14,17H,1,6-8,10-11H2,2-5H3/b13-9-/t14-/m1/s1. The van der Waals surface area contributed by atoms with Crippen LogP contribution in [0.3, 0.4) is 0 Å². The van der Waals surface area contributed by atoms with Crippen LogP contribution in [0.15, 0.2) is 23.8 Å².